The van der Waals surface area contributed by atoms with Crippen LogP contribution in [0.3, 0.4) is 0 Å². The van der Waals surface area contributed by atoms with Crippen LogP contribution in [0.25, 0.3) is 0 Å². The zero-order valence-electron chi connectivity index (χ0n) is 14.2. The predicted octanol–water partition coefficient (Wildman–Crippen LogP) is 4.43. The van der Waals surface area contributed by atoms with Crippen molar-refractivity contribution in [3.63, 3.8) is 0 Å². The summed E-state index contributed by atoms with van der Waals surface area (Å²) in [7, 11) is -0.446. The lowest BCUT2D eigenvalue weighted by atomic mass is 10.4. The van der Waals surface area contributed by atoms with Crippen LogP contribution in [0.1, 0.15) is 20.3 Å². The van der Waals surface area contributed by atoms with Gasteiger partial charge in [0, 0.05) is 6.42 Å². The molecule has 0 atom stereocenters. The molecule has 0 aromatic heterocycles. The first-order valence-corrected chi connectivity index (χ1v) is 9.51. The molecule has 122 valence electrons. The number of hydrogen-bond donors (Lipinski definition) is 0. The van der Waals surface area contributed by atoms with Gasteiger partial charge < -0.3 is 4.79 Å². The molecule has 0 saturated heterocycles. The van der Waals surface area contributed by atoms with E-state index in [0.717, 1.165) is 0 Å². The average molecular weight is 334 g/mol. The van der Waals surface area contributed by atoms with Crippen molar-refractivity contribution in [3.8, 4) is 0 Å². The van der Waals surface area contributed by atoms with Gasteiger partial charge in [-0.25, -0.2) is 0 Å². The van der Waals surface area contributed by atoms with Crippen LogP contribution in [0.2, 0.25) is 0 Å². The maximum Gasteiger partial charge on any atom is 0.129 e. The molecule has 0 aliphatic heterocycles. The Labute approximate surface area is 146 Å². The van der Waals surface area contributed by atoms with Gasteiger partial charge in [-0.3, -0.25) is 0 Å². The van der Waals surface area contributed by atoms with E-state index in [2.05, 4.69) is 91.0 Å². The maximum absolute atomic E-state index is 9.81. The number of carbonyl (C=O) groups excluding carboxylic acids is 1. The van der Waals surface area contributed by atoms with E-state index < -0.39 is 7.92 Å². The summed E-state index contributed by atoms with van der Waals surface area (Å²) in [6, 6.07) is 32.3. The highest BCUT2D eigenvalue weighted by atomic mass is 31.1. The molecule has 0 N–H and O–H groups in total. The Balaban J connectivity index is 0.000000368. The van der Waals surface area contributed by atoms with Crippen LogP contribution in [0.15, 0.2) is 91.0 Å². The fraction of sp³-hybridized carbons (Fsp3) is 0.136. The van der Waals surface area contributed by atoms with Gasteiger partial charge in [0.1, 0.15) is 5.78 Å². The summed E-state index contributed by atoms with van der Waals surface area (Å²) in [5.41, 5.74) is 0. The van der Waals surface area contributed by atoms with Crippen molar-refractivity contribution >= 4 is 29.6 Å². The molecule has 0 amide bonds. The fourth-order valence-electron chi connectivity index (χ4n) is 2.18. The highest BCUT2D eigenvalue weighted by molar-refractivity contribution is 7.79. The van der Waals surface area contributed by atoms with Crippen LogP contribution in [0.4, 0.5) is 0 Å². The van der Waals surface area contributed by atoms with Crippen LogP contribution in [0, 0.1) is 0 Å². The Kier molecular flexibility index (Phi) is 7.39. The normalized spacial score (nSPS) is 9.96. The second-order valence-corrected chi connectivity index (χ2v) is 7.62. The minimum atomic E-state index is -0.446. The maximum atomic E-state index is 9.81. The van der Waals surface area contributed by atoms with E-state index in [1.54, 1.807) is 6.92 Å². The largest absolute Gasteiger partial charge is 0.300 e. The van der Waals surface area contributed by atoms with Crippen LogP contribution in [0.5, 0.6) is 0 Å². The van der Waals surface area contributed by atoms with Crippen molar-refractivity contribution in [2.24, 2.45) is 0 Å². The van der Waals surface area contributed by atoms with Crippen molar-refractivity contribution in [2.45, 2.75) is 20.3 Å². The number of carbonyl (C=O) groups is 1. The molecule has 0 heterocycles. The molecule has 0 aliphatic rings. The van der Waals surface area contributed by atoms with Crippen LogP contribution < -0.4 is 15.9 Å². The number of benzene rings is 3. The summed E-state index contributed by atoms with van der Waals surface area (Å²) < 4.78 is 0. The molecule has 3 rings (SSSR count). The van der Waals surface area contributed by atoms with E-state index in [0.29, 0.717) is 6.42 Å². The van der Waals surface area contributed by atoms with Gasteiger partial charge in [0.05, 0.1) is 0 Å². The molecule has 0 fully saturated rings. The molecule has 2 heteroatoms. The molecule has 0 radical (unpaired) electrons. The van der Waals surface area contributed by atoms with Gasteiger partial charge in [0.25, 0.3) is 0 Å². The lowest BCUT2D eigenvalue weighted by Gasteiger charge is -2.18. The van der Waals surface area contributed by atoms with Crippen molar-refractivity contribution in [1.82, 2.24) is 0 Å². The molecule has 0 unspecified atom stereocenters. The summed E-state index contributed by atoms with van der Waals surface area (Å²) in [4.78, 5) is 9.81. The Morgan fingerprint density at radius 2 is 0.917 bits per heavy atom. The zero-order chi connectivity index (χ0) is 17.2. The van der Waals surface area contributed by atoms with Crippen molar-refractivity contribution in [2.75, 3.05) is 0 Å². The Bertz CT molecular complexity index is 630. The number of Topliss-reactive ketones (excluding diaryl/α,β-unsaturated/α-hetero) is 1. The highest BCUT2D eigenvalue weighted by Crippen LogP contribution is 2.32. The van der Waals surface area contributed by atoms with E-state index in [4.69, 9.17) is 0 Å². The Morgan fingerprint density at radius 3 is 1.12 bits per heavy atom. The molecule has 0 aliphatic carbocycles. The van der Waals surface area contributed by atoms with Crippen LogP contribution in [-0.4, -0.2) is 5.78 Å². The summed E-state index contributed by atoms with van der Waals surface area (Å²) in [6.45, 7) is 3.43. The second-order valence-electron chi connectivity index (χ2n) is 5.40. The Morgan fingerprint density at radius 1 is 0.667 bits per heavy atom. The molecular weight excluding hydrogens is 311 g/mol. The van der Waals surface area contributed by atoms with Gasteiger partial charge in [0.2, 0.25) is 0 Å². The first-order valence-electron chi connectivity index (χ1n) is 8.17. The Hall–Kier alpha value is -2.24. The van der Waals surface area contributed by atoms with E-state index >= 15 is 0 Å². The van der Waals surface area contributed by atoms with E-state index in [-0.39, 0.29) is 5.78 Å². The molecule has 0 bridgehead atoms. The SMILES string of the molecule is CCC(C)=O.c1ccc(P(c2ccccc2)c2ccccc2)cc1. The van der Waals surface area contributed by atoms with Gasteiger partial charge in [-0.1, -0.05) is 97.9 Å². The van der Waals surface area contributed by atoms with E-state index in [1.807, 2.05) is 6.92 Å². The van der Waals surface area contributed by atoms with Crippen molar-refractivity contribution in [1.29, 1.82) is 0 Å². The van der Waals surface area contributed by atoms with Gasteiger partial charge >= 0.3 is 0 Å². The summed E-state index contributed by atoms with van der Waals surface area (Å²) in [6.07, 6.45) is 0.667. The number of ketones is 1. The monoisotopic (exact) mass is 334 g/mol. The summed E-state index contributed by atoms with van der Waals surface area (Å²) >= 11 is 0. The number of hydrogen-bond acceptors (Lipinski definition) is 1. The third-order valence-corrected chi connectivity index (χ3v) is 5.98. The smallest absolute Gasteiger partial charge is 0.129 e. The minimum Gasteiger partial charge on any atom is -0.300 e. The first-order chi connectivity index (χ1) is 11.7. The van der Waals surface area contributed by atoms with Gasteiger partial charge in [0.15, 0.2) is 0 Å². The first kappa shape index (κ1) is 18.1. The quantitative estimate of drug-likeness (QED) is 0.645. The van der Waals surface area contributed by atoms with Gasteiger partial charge in [-0.15, -0.1) is 0 Å². The van der Waals surface area contributed by atoms with Gasteiger partial charge in [-0.05, 0) is 30.8 Å². The minimum absolute atomic E-state index is 0.255. The third-order valence-electron chi connectivity index (χ3n) is 3.54. The third kappa shape index (κ3) is 5.44. The lowest BCUT2D eigenvalue weighted by molar-refractivity contribution is -0.116. The zero-order valence-corrected chi connectivity index (χ0v) is 15.1. The summed E-state index contributed by atoms with van der Waals surface area (Å²) in [5.74, 6) is 0.255. The molecule has 0 saturated carbocycles. The van der Waals surface area contributed by atoms with Crippen molar-refractivity contribution < 1.29 is 4.79 Å². The summed E-state index contributed by atoms with van der Waals surface area (Å²) in [5, 5.41) is 4.19. The molecule has 3 aromatic rings. The van der Waals surface area contributed by atoms with Crippen LogP contribution in [-0.2, 0) is 4.79 Å². The highest BCUT2D eigenvalue weighted by Gasteiger charge is 2.14. The second kappa shape index (κ2) is 9.80. The molecule has 24 heavy (non-hydrogen) atoms. The standard InChI is InChI=1S/C18H15P.C4H8O/c1-4-10-16(11-5-1)19(17-12-6-2-7-13-17)18-14-8-3-9-15-18;1-3-4(2)5/h1-15H;3H2,1-2H3. The van der Waals surface area contributed by atoms with E-state index in [9.17, 15) is 4.79 Å². The van der Waals surface area contributed by atoms with Crippen LogP contribution >= 0.6 is 7.92 Å². The number of rotatable bonds is 4. The molecule has 0 spiro atoms. The van der Waals surface area contributed by atoms with E-state index in [1.165, 1.54) is 15.9 Å². The molecular formula is C22H23OP. The molecule has 1 nitrogen and oxygen atoms in total. The van der Waals surface area contributed by atoms with Crippen molar-refractivity contribution in [3.05, 3.63) is 91.0 Å². The predicted molar refractivity (Wildman–Crippen MR) is 106 cm³/mol. The average Bonchev–Trinajstić information content (AvgIpc) is 2.65. The fourth-order valence-corrected chi connectivity index (χ4v) is 4.48. The van der Waals surface area contributed by atoms with Gasteiger partial charge in [-0.2, -0.15) is 0 Å². The lowest BCUT2D eigenvalue weighted by Crippen LogP contribution is -2.20. The molecule has 3 aromatic carbocycles. The topological polar surface area (TPSA) is 17.1 Å².